The Morgan fingerprint density at radius 1 is 1.05 bits per heavy atom. The van der Waals surface area contributed by atoms with Crippen LogP contribution in [0, 0.1) is 17.8 Å². The van der Waals surface area contributed by atoms with Crippen LogP contribution in [0.15, 0.2) is 35.2 Å². The van der Waals surface area contributed by atoms with Gasteiger partial charge < -0.3 is 5.32 Å². The monoisotopic (exact) mass is 317 g/mol. The van der Waals surface area contributed by atoms with Gasteiger partial charge in [0.1, 0.15) is 0 Å². The summed E-state index contributed by atoms with van der Waals surface area (Å²) in [6, 6.07) is 10.6. The molecular weight excluding hydrogens is 294 g/mol. The summed E-state index contributed by atoms with van der Waals surface area (Å²) in [7, 11) is 0. The second-order valence-electron chi connectivity index (χ2n) is 7.35. The summed E-state index contributed by atoms with van der Waals surface area (Å²) in [5.41, 5.74) is 0.364. The molecule has 3 heteroatoms. The van der Waals surface area contributed by atoms with Crippen LogP contribution in [0.1, 0.15) is 38.5 Å². The van der Waals surface area contributed by atoms with Gasteiger partial charge >= 0.3 is 0 Å². The average Bonchev–Trinajstić information content (AvgIpc) is 2.44. The number of hydrogen-bond acceptors (Lipinski definition) is 2. The maximum atomic E-state index is 5.66. The number of hydrogen-bond donors (Lipinski definition) is 1. The van der Waals surface area contributed by atoms with Crippen molar-refractivity contribution < 1.29 is 0 Å². The summed E-state index contributed by atoms with van der Waals surface area (Å²) >= 11 is 7.51. The highest BCUT2D eigenvalue weighted by Gasteiger charge is 2.51. The Labute approximate surface area is 137 Å². The molecule has 112 valence electrons. The first kappa shape index (κ1) is 14.1. The molecule has 0 spiro atoms. The second-order valence-corrected chi connectivity index (χ2v) is 8.89. The Kier molecular flexibility index (Phi) is 3.74. The number of thioether (sulfide) groups is 1. The van der Waals surface area contributed by atoms with Gasteiger partial charge in [0.25, 0.3) is 0 Å². The summed E-state index contributed by atoms with van der Waals surface area (Å²) in [6.45, 7) is 0. The Morgan fingerprint density at radius 2 is 1.62 bits per heavy atom. The summed E-state index contributed by atoms with van der Waals surface area (Å²) < 4.78 is 0. The van der Waals surface area contributed by atoms with E-state index in [0.717, 1.165) is 28.5 Å². The van der Waals surface area contributed by atoms with Crippen molar-refractivity contribution in [3.63, 3.8) is 0 Å². The van der Waals surface area contributed by atoms with E-state index in [1.54, 1.807) is 0 Å². The zero-order valence-electron chi connectivity index (χ0n) is 12.4. The number of rotatable bonds is 4. The normalized spacial score (nSPS) is 36.7. The van der Waals surface area contributed by atoms with Crippen LogP contribution >= 0.6 is 24.0 Å². The summed E-state index contributed by atoms with van der Waals surface area (Å²) in [5.74, 6) is 3.86. The standard InChI is InChI=1S/C18H23NS2/c20-17(12-21-16-4-2-1-3-5-16)19-18-9-13-6-14(10-18)8-15(7-13)11-18/h1-5,13-15H,6-12H2,(H,19,20). The van der Waals surface area contributed by atoms with Crippen molar-refractivity contribution in [2.75, 3.05) is 5.75 Å². The third-order valence-corrected chi connectivity index (χ3v) is 7.02. The molecule has 1 aromatic rings. The SMILES string of the molecule is S=C(CSc1ccccc1)NC12CC3CC(CC(C3)C1)C2. The van der Waals surface area contributed by atoms with Crippen LogP contribution in [0.3, 0.4) is 0 Å². The van der Waals surface area contributed by atoms with Crippen LogP contribution in [-0.2, 0) is 0 Å². The highest BCUT2D eigenvalue weighted by Crippen LogP contribution is 2.55. The molecule has 1 aromatic carbocycles. The fourth-order valence-electron chi connectivity index (χ4n) is 5.26. The maximum absolute atomic E-state index is 5.66. The Bertz CT molecular complexity index is 490. The molecular formula is C18H23NS2. The molecule has 1 N–H and O–H groups in total. The molecule has 0 aromatic heterocycles. The second kappa shape index (κ2) is 5.58. The predicted molar refractivity (Wildman–Crippen MR) is 93.8 cm³/mol. The number of thiocarbonyl (C=S) groups is 1. The number of benzene rings is 1. The minimum absolute atomic E-state index is 0.364. The Balaban J connectivity index is 1.36. The smallest absolute Gasteiger partial charge is 0.0861 e. The van der Waals surface area contributed by atoms with Crippen molar-refractivity contribution in [3.8, 4) is 0 Å². The lowest BCUT2D eigenvalue weighted by Gasteiger charge is -2.57. The fourth-order valence-corrected chi connectivity index (χ4v) is 6.37. The molecule has 0 radical (unpaired) electrons. The van der Waals surface area contributed by atoms with E-state index in [1.807, 2.05) is 11.8 Å². The topological polar surface area (TPSA) is 12.0 Å². The van der Waals surface area contributed by atoms with Gasteiger partial charge in [-0.25, -0.2) is 0 Å². The molecule has 5 rings (SSSR count). The minimum Gasteiger partial charge on any atom is -0.373 e. The molecule has 4 aliphatic rings. The molecule has 0 atom stereocenters. The van der Waals surface area contributed by atoms with Crippen LogP contribution in [0.5, 0.6) is 0 Å². The van der Waals surface area contributed by atoms with Gasteiger partial charge in [-0.05, 0) is 68.4 Å². The minimum atomic E-state index is 0.364. The highest BCUT2D eigenvalue weighted by atomic mass is 32.2. The van der Waals surface area contributed by atoms with Crippen molar-refractivity contribution in [3.05, 3.63) is 30.3 Å². The van der Waals surface area contributed by atoms with Crippen LogP contribution in [0.4, 0.5) is 0 Å². The molecule has 0 aliphatic heterocycles. The molecule has 4 aliphatic carbocycles. The maximum Gasteiger partial charge on any atom is 0.0861 e. The largest absolute Gasteiger partial charge is 0.373 e. The first-order chi connectivity index (χ1) is 10.2. The van der Waals surface area contributed by atoms with E-state index in [-0.39, 0.29) is 0 Å². The van der Waals surface area contributed by atoms with Gasteiger partial charge in [-0.2, -0.15) is 0 Å². The van der Waals surface area contributed by atoms with Gasteiger partial charge in [0.2, 0.25) is 0 Å². The molecule has 0 unspecified atom stereocenters. The van der Waals surface area contributed by atoms with E-state index in [4.69, 9.17) is 12.2 Å². The Morgan fingerprint density at radius 3 is 2.19 bits per heavy atom. The molecule has 4 fully saturated rings. The van der Waals surface area contributed by atoms with Crippen molar-refractivity contribution >= 4 is 29.0 Å². The van der Waals surface area contributed by atoms with Gasteiger partial charge in [0.15, 0.2) is 0 Å². The lowest BCUT2D eigenvalue weighted by molar-refractivity contribution is -0.00975. The predicted octanol–water partition coefficient (Wildman–Crippen LogP) is 4.66. The summed E-state index contributed by atoms with van der Waals surface area (Å²) in [6.07, 6.45) is 8.59. The molecule has 4 bridgehead atoms. The first-order valence-corrected chi connectivity index (χ1v) is 9.59. The van der Waals surface area contributed by atoms with Crippen LogP contribution in [0.2, 0.25) is 0 Å². The molecule has 0 saturated heterocycles. The zero-order chi connectivity index (χ0) is 14.3. The lowest BCUT2D eigenvalue weighted by Crippen LogP contribution is -2.59. The van der Waals surface area contributed by atoms with E-state index in [0.29, 0.717) is 5.54 Å². The summed E-state index contributed by atoms with van der Waals surface area (Å²) in [5, 5.41) is 3.81. The summed E-state index contributed by atoms with van der Waals surface area (Å²) in [4.78, 5) is 2.37. The van der Waals surface area contributed by atoms with Gasteiger partial charge in [0.05, 0.1) is 4.99 Å². The third-order valence-electron chi connectivity index (χ3n) is 5.56. The molecule has 1 nitrogen and oxygen atoms in total. The van der Waals surface area contributed by atoms with Crippen LogP contribution < -0.4 is 5.32 Å². The van der Waals surface area contributed by atoms with E-state index >= 15 is 0 Å². The average molecular weight is 318 g/mol. The van der Waals surface area contributed by atoms with Crippen molar-refractivity contribution in [1.82, 2.24) is 5.32 Å². The van der Waals surface area contributed by atoms with E-state index in [1.165, 1.54) is 43.4 Å². The lowest BCUT2D eigenvalue weighted by atomic mass is 9.53. The van der Waals surface area contributed by atoms with Gasteiger partial charge in [0, 0.05) is 16.2 Å². The molecule has 0 amide bonds. The first-order valence-electron chi connectivity index (χ1n) is 8.20. The van der Waals surface area contributed by atoms with Crippen molar-refractivity contribution in [2.24, 2.45) is 17.8 Å². The van der Waals surface area contributed by atoms with Gasteiger partial charge in [-0.15, -0.1) is 11.8 Å². The van der Waals surface area contributed by atoms with Crippen molar-refractivity contribution in [2.45, 2.75) is 49.0 Å². The van der Waals surface area contributed by atoms with E-state index in [2.05, 4.69) is 35.6 Å². The van der Waals surface area contributed by atoms with Gasteiger partial charge in [-0.3, -0.25) is 0 Å². The quantitative estimate of drug-likeness (QED) is 0.640. The number of nitrogens with one attached hydrogen (secondary N) is 1. The van der Waals surface area contributed by atoms with E-state index < -0.39 is 0 Å². The van der Waals surface area contributed by atoms with E-state index in [9.17, 15) is 0 Å². The Hall–Kier alpha value is -0.540. The molecule has 4 saturated carbocycles. The highest BCUT2D eigenvalue weighted by molar-refractivity contribution is 8.01. The molecule has 0 heterocycles. The fraction of sp³-hybridized carbons (Fsp3) is 0.611. The molecule has 21 heavy (non-hydrogen) atoms. The zero-order valence-corrected chi connectivity index (χ0v) is 14.0. The van der Waals surface area contributed by atoms with Crippen LogP contribution in [-0.4, -0.2) is 16.3 Å². The third kappa shape index (κ3) is 3.00. The van der Waals surface area contributed by atoms with Crippen molar-refractivity contribution in [1.29, 1.82) is 0 Å². The van der Waals surface area contributed by atoms with Crippen LogP contribution in [0.25, 0.3) is 0 Å². The van der Waals surface area contributed by atoms with Gasteiger partial charge in [-0.1, -0.05) is 30.4 Å².